The van der Waals surface area contributed by atoms with E-state index in [4.69, 9.17) is 5.11 Å². The van der Waals surface area contributed by atoms with E-state index in [9.17, 15) is 4.79 Å². The maximum absolute atomic E-state index is 11.5. The molecule has 0 spiro atoms. The van der Waals surface area contributed by atoms with Crippen LogP contribution in [0, 0.1) is 0 Å². The van der Waals surface area contributed by atoms with Crippen LogP contribution >= 0.6 is 0 Å². The Morgan fingerprint density at radius 3 is 2.62 bits per heavy atom. The number of benzene rings is 1. The predicted molar refractivity (Wildman–Crippen MR) is 63.3 cm³/mol. The number of carbonyl (C=O) groups excluding carboxylic acids is 1. The molecule has 2 rings (SSSR count). The fourth-order valence-corrected chi connectivity index (χ4v) is 1.43. The summed E-state index contributed by atoms with van der Waals surface area (Å²) in [7, 11) is 2.62. The molecule has 0 saturated carbocycles. The molecule has 0 bridgehead atoms. The molecule has 0 saturated heterocycles. The molecule has 1 heterocycles. The van der Waals surface area contributed by atoms with Crippen molar-refractivity contribution in [3.63, 3.8) is 0 Å². The number of nitrogens with zero attached hydrogens (tertiary/aromatic N) is 1. The Kier molecular flexibility index (Phi) is 4.42. The maximum Gasteiger partial charge on any atom is 0.251 e. The van der Waals surface area contributed by atoms with Crippen LogP contribution in [-0.4, -0.2) is 30.2 Å². The minimum absolute atomic E-state index is 0.0800. The van der Waals surface area contributed by atoms with Gasteiger partial charge in [0, 0.05) is 25.7 Å². The molecule has 0 atom stereocenters. The van der Waals surface area contributed by atoms with Crippen molar-refractivity contribution in [3.05, 3.63) is 42.1 Å². The lowest BCUT2D eigenvalue weighted by atomic mass is 10.1. The van der Waals surface area contributed by atoms with Crippen molar-refractivity contribution in [3.8, 4) is 0 Å². The summed E-state index contributed by atoms with van der Waals surface area (Å²) in [5.41, 5.74) is 1.51. The molecule has 1 amide bonds. The van der Waals surface area contributed by atoms with E-state index in [1.165, 1.54) is 0 Å². The summed E-state index contributed by atoms with van der Waals surface area (Å²) in [6.07, 6.45) is 1.65. The minimum atomic E-state index is -0.0800. The molecule has 2 aromatic rings. The largest absolute Gasteiger partial charge is 0.400 e. The molecule has 0 radical (unpaired) electrons. The van der Waals surface area contributed by atoms with Gasteiger partial charge in [0.05, 0.1) is 11.1 Å². The Morgan fingerprint density at radius 2 is 1.94 bits per heavy atom. The molecule has 0 aliphatic heterocycles. The van der Waals surface area contributed by atoms with Gasteiger partial charge in [-0.3, -0.25) is 9.78 Å². The Labute approximate surface area is 93.9 Å². The Hall–Kier alpha value is -1.94. The van der Waals surface area contributed by atoms with Gasteiger partial charge in [0.1, 0.15) is 0 Å². The summed E-state index contributed by atoms with van der Waals surface area (Å²) in [4.78, 5) is 15.7. The van der Waals surface area contributed by atoms with Crippen molar-refractivity contribution in [2.75, 3.05) is 14.2 Å². The average Bonchev–Trinajstić information content (AvgIpc) is 2.39. The SMILES string of the molecule is CNC(=O)c1ccnc2ccccc12.CO. The van der Waals surface area contributed by atoms with E-state index in [0.29, 0.717) is 5.56 Å². The first-order valence-electron chi connectivity index (χ1n) is 4.83. The highest BCUT2D eigenvalue weighted by molar-refractivity contribution is 6.05. The molecule has 0 fully saturated rings. The van der Waals surface area contributed by atoms with Crippen LogP contribution in [0.15, 0.2) is 36.5 Å². The van der Waals surface area contributed by atoms with Gasteiger partial charge >= 0.3 is 0 Å². The van der Waals surface area contributed by atoms with Crippen molar-refractivity contribution in [1.82, 2.24) is 10.3 Å². The predicted octanol–water partition coefficient (Wildman–Crippen LogP) is 1.20. The number of fused-ring (bicyclic) bond motifs is 1. The van der Waals surface area contributed by atoms with Crippen LogP contribution in [0.4, 0.5) is 0 Å². The lowest BCUT2D eigenvalue weighted by Gasteiger charge is -2.03. The first-order chi connectivity index (χ1) is 7.83. The van der Waals surface area contributed by atoms with Crippen LogP contribution in [0.3, 0.4) is 0 Å². The second-order valence-electron chi connectivity index (χ2n) is 2.95. The Morgan fingerprint density at radius 1 is 1.25 bits per heavy atom. The number of hydrogen-bond donors (Lipinski definition) is 2. The van der Waals surface area contributed by atoms with Crippen LogP contribution in [0.2, 0.25) is 0 Å². The third-order valence-electron chi connectivity index (χ3n) is 2.12. The van der Waals surface area contributed by atoms with Gasteiger partial charge in [-0.2, -0.15) is 0 Å². The van der Waals surface area contributed by atoms with Crippen LogP contribution in [0.25, 0.3) is 10.9 Å². The number of aromatic nitrogens is 1. The highest BCUT2D eigenvalue weighted by Gasteiger charge is 2.07. The topological polar surface area (TPSA) is 62.2 Å². The van der Waals surface area contributed by atoms with Crippen molar-refractivity contribution >= 4 is 16.8 Å². The van der Waals surface area contributed by atoms with Crippen LogP contribution in [-0.2, 0) is 0 Å². The first kappa shape index (κ1) is 12.1. The molecule has 4 heteroatoms. The van der Waals surface area contributed by atoms with E-state index < -0.39 is 0 Å². The van der Waals surface area contributed by atoms with Gasteiger partial charge < -0.3 is 10.4 Å². The number of para-hydroxylation sites is 1. The standard InChI is InChI=1S/C11H10N2O.CH4O/c1-12-11(14)9-6-7-13-10-5-3-2-4-8(9)10;1-2/h2-7H,1H3,(H,12,14);2H,1H3. The zero-order chi connectivity index (χ0) is 12.0. The van der Waals surface area contributed by atoms with Crippen LogP contribution in [0.1, 0.15) is 10.4 Å². The molecule has 1 aromatic heterocycles. The molecule has 0 unspecified atom stereocenters. The smallest absolute Gasteiger partial charge is 0.251 e. The van der Waals surface area contributed by atoms with Gasteiger partial charge in [0.25, 0.3) is 5.91 Å². The van der Waals surface area contributed by atoms with Gasteiger partial charge in [0.15, 0.2) is 0 Å². The van der Waals surface area contributed by atoms with E-state index in [0.717, 1.165) is 18.0 Å². The number of carbonyl (C=O) groups is 1. The Balaban J connectivity index is 0.000000606. The molecule has 0 aliphatic carbocycles. The summed E-state index contributed by atoms with van der Waals surface area (Å²) in [5, 5.41) is 10.5. The quantitative estimate of drug-likeness (QED) is 0.756. The number of amides is 1. The minimum Gasteiger partial charge on any atom is -0.400 e. The van der Waals surface area contributed by atoms with Crippen molar-refractivity contribution in [2.24, 2.45) is 0 Å². The third kappa shape index (κ3) is 2.35. The van der Waals surface area contributed by atoms with Gasteiger partial charge in [-0.05, 0) is 12.1 Å². The fourth-order valence-electron chi connectivity index (χ4n) is 1.43. The van der Waals surface area contributed by atoms with Crippen LogP contribution in [0.5, 0.6) is 0 Å². The van der Waals surface area contributed by atoms with E-state index in [-0.39, 0.29) is 5.91 Å². The summed E-state index contributed by atoms with van der Waals surface area (Å²) < 4.78 is 0. The van der Waals surface area contributed by atoms with E-state index in [1.807, 2.05) is 24.3 Å². The molecule has 0 aliphatic rings. The first-order valence-corrected chi connectivity index (χ1v) is 4.83. The van der Waals surface area contributed by atoms with Gasteiger partial charge in [-0.25, -0.2) is 0 Å². The number of pyridine rings is 1. The highest BCUT2D eigenvalue weighted by atomic mass is 16.2. The fraction of sp³-hybridized carbons (Fsp3) is 0.167. The van der Waals surface area contributed by atoms with Crippen molar-refractivity contribution < 1.29 is 9.90 Å². The van der Waals surface area contributed by atoms with Crippen molar-refractivity contribution in [1.29, 1.82) is 0 Å². The molecular weight excluding hydrogens is 204 g/mol. The molecule has 2 N–H and O–H groups in total. The number of aliphatic hydroxyl groups excluding tert-OH is 1. The zero-order valence-corrected chi connectivity index (χ0v) is 9.27. The lowest BCUT2D eigenvalue weighted by molar-refractivity contribution is 0.0964. The van der Waals surface area contributed by atoms with Gasteiger partial charge in [0.2, 0.25) is 0 Å². The summed E-state index contributed by atoms with van der Waals surface area (Å²) in [6.45, 7) is 0. The number of nitrogens with one attached hydrogen (secondary N) is 1. The number of aliphatic hydroxyl groups is 1. The van der Waals surface area contributed by atoms with Crippen LogP contribution < -0.4 is 5.32 Å². The second kappa shape index (κ2) is 5.82. The van der Waals surface area contributed by atoms with Crippen molar-refractivity contribution in [2.45, 2.75) is 0 Å². The summed E-state index contributed by atoms with van der Waals surface area (Å²) in [6, 6.07) is 9.31. The average molecular weight is 218 g/mol. The Bertz CT molecular complexity index is 478. The summed E-state index contributed by atoms with van der Waals surface area (Å²) in [5.74, 6) is -0.0800. The number of rotatable bonds is 1. The van der Waals surface area contributed by atoms with E-state index >= 15 is 0 Å². The van der Waals surface area contributed by atoms with E-state index in [2.05, 4.69) is 10.3 Å². The van der Waals surface area contributed by atoms with E-state index in [1.54, 1.807) is 19.3 Å². The normalized spacial score (nSPS) is 9.19. The molecule has 1 aromatic carbocycles. The monoisotopic (exact) mass is 218 g/mol. The second-order valence-corrected chi connectivity index (χ2v) is 2.95. The summed E-state index contributed by atoms with van der Waals surface area (Å²) >= 11 is 0. The lowest BCUT2D eigenvalue weighted by Crippen LogP contribution is -2.18. The zero-order valence-electron chi connectivity index (χ0n) is 9.27. The number of hydrogen-bond acceptors (Lipinski definition) is 3. The van der Waals surface area contributed by atoms with Gasteiger partial charge in [-0.15, -0.1) is 0 Å². The molecule has 16 heavy (non-hydrogen) atoms. The molecular formula is C12H14N2O2. The highest BCUT2D eigenvalue weighted by Crippen LogP contribution is 2.15. The maximum atomic E-state index is 11.5. The molecule has 84 valence electrons. The van der Waals surface area contributed by atoms with Gasteiger partial charge in [-0.1, -0.05) is 18.2 Å². The third-order valence-corrected chi connectivity index (χ3v) is 2.12. The molecule has 4 nitrogen and oxygen atoms in total.